The number of para-hydroxylation sites is 1. The van der Waals surface area contributed by atoms with Crippen LogP contribution in [0.5, 0.6) is 5.75 Å². The quantitative estimate of drug-likeness (QED) is 0.849. The zero-order valence-corrected chi connectivity index (χ0v) is 11.9. The summed E-state index contributed by atoms with van der Waals surface area (Å²) in [6.07, 6.45) is 3.93. The third-order valence-electron chi connectivity index (χ3n) is 3.59. The summed E-state index contributed by atoms with van der Waals surface area (Å²) in [5.41, 5.74) is 3.23. The van der Waals surface area contributed by atoms with Crippen LogP contribution in [0.15, 0.2) is 36.0 Å². The van der Waals surface area contributed by atoms with E-state index < -0.39 is 0 Å². The van der Waals surface area contributed by atoms with Crippen molar-refractivity contribution in [2.24, 2.45) is 0 Å². The first-order valence-corrected chi connectivity index (χ1v) is 7.73. The van der Waals surface area contributed by atoms with E-state index in [1.807, 2.05) is 24.3 Å². The van der Waals surface area contributed by atoms with Gasteiger partial charge in [0, 0.05) is 11.1 Å². The smallest absolute Gasteiger partial charge is 0.235 e. The highest BCUT2D eigenvalue weighted by atomic mass is 32.2. The second-order valence-corrected chi connectivity index (χ2v) is 6.08. The first-order valence-electron chi connectivity index (χ1n) is 6.68. The van der Waals surface area contributed by atoms with Gasteiger partial charge in [0.05, 0.1) is 17.2 Å². The van der Waals surface area contributed by atoms with Gasteiger partial charge in [-0.25, -0.2) is 0 Å². The van der Waals surface area contributed by atoms with Gasteiger partial charge in [-0.3, -0.25) is 9.89 Å². The molecule has 1 atom stereocenters. The highest BCUT2D eigenvalue weighted by Gasteiger charge is 2.28. The largest absolute Gasteiger partial charge is 0.489 e. The van der Waals surface area contributed by atoms with Crippen molar-refractivity contribution in [1.29, 1.82) is 0 Å². The minimum Gasteiger partial charge on any atom is -0.489 e. The van der Waals surface area contributed by atoms with Crippen LogP contribution < -0.4 is 10.1 Å². The topological polar surface area (TPSA) is 67.0 Å². The Balaban J connectivity index is 1.75. The van der Waals surface area contributed by atoms with Crippen molar-refractivity contribution in [3.05, 3.63) is 47.2 Å². The summed E-state index contributed by atoms with van der Waals surface area (Å²) in [4.78, 5) is 11.7. The lowest BCUT2D eigenvalue weighted by molar-refractivity contribution is -0.113. The fraction of sp³-hybridized carbons (Fsp3) is 0.200. The summed E-state index contributed by atoms with van der Waals surface area (Å²) in [7, 11) is 0. The van der Waals surface area contributed by atoms with Gasteiger partial charge < -0.3 is 10.1 Å². The second kappa shape index (κ2) is 4.96. The predicted molar refractivity (Wildman–Crippen MR) is 82.3 cm³/mol. The molecule has 106 valence electrons. The normalized spacial score (nSPS) is 20.5. The Morgan fingerprint density at radius 2 is 2.24 bits per heavy atom. The molecule has 1 aromatic carbocycles. The van der Waals surface area contributed by atoms with Gasteiger partial charge in [0.1, 0.15) is 18.2 Å². The van der Waals surface area contributed by atoms with Gasteiger partial charge in [-0.2, -0.15) is 5.10 Å². The van der Waals surface area contributed by atoms with Crippen LogP contribution in [0.2, 0.25) is 0 Å². The number of aromatic nitrogens is 2. The van der Waals surface area contributed by atoms with Crippen LogP contribution in [-0.4, -0.2) is 28.5 Å². The summed E-state index contributed by atoms with van der Waals surface area (Å²) < 4.78 is 5.83. The number of carbonyl (C=O) groups excluding carboxylic acids is 1. The number of nitrogens with one attached hydrogen (secondary N) is 2. The highest BCUT2D eigenvalue weighted by Crippen LogP contribution is 2.43. The Labute approximate surface area is 125 Å². The molecule has 0 unspecified atom stereocenters. The molecule has 0 saturated carbocycles. The minimum atomic E-state index is -0.00859. The minimum absolute atomic E-state index is 0.00859. The molecule has 4 rings (SSSR count). The van der Waals surface area contributed by atoms with Gasteiger partial charge in [-0.1, -0.05) is 18.2 Å². The maximum atomic E-state index is 11.7. The second-order valence-electron chi connectivity index (χ2n) is 4.99. The van der Waals surface area contributed by atoms with Gasteiger partial charge in [0.25, 0.3) is 0 Å². The zero-order chi connectivity index (χ0) is 14.2. The molecule has 0 radical (unpaired) electrons. The van der Waals surface area contributed by atoms with E-state index >= 15 is 0 Å². The third kappa shape index (κ3) is 2.21. The Morgan fingerprint density at radius 1 is 1.33 bits per heavy atom. The van der Waals surface area contributed by atoms with Crippen LogP contribution in [0.25, 0.3) is 6.08 Å². The van der Waals surface area contributed by atoms with Crippen molar-refractivity contribution >= 4 is 29.6 Å². The summed E-state index contributed by atoms with van der Waals surface area (Å²) in [5, 5.41) is 9.82. The molecule has 2 N–H and O–H groups in total. The lowest BCUT2D eigenvalue weighted by Crippen LogP contribution is -2.13. The van der Waals surface area contributed by atoms with E-state index in [1.165, 1.54) is 0 Å². The van der Waals surface area contributed by atoms with Crippen LogP contribution in [0, 0.1) is 0 Å². The van der Waals surface area contributed by atoms with E-state index in [2.05, 4.69) is 21.6 Å². The molecule has 0 bridgehead atoms. The van der Waals surface area contributed by atoms with E-state index in [0.717, 1.165) is 22.4 Å². The van der Waals surface area contributed by atoms with Crippen LogP contribution in [0.1, 0.15) is 16.4 Å². The molecule has 5 nitrogen and oxygen atoms in total. The Kier molecular flexibility index (Phi) is 2.96. The molecule has 1 aromatic heterocycles. The molecular weight excluding hydrogens is 286 g/mol. The Morgan fingerprint density at radius 3 is 3.19 bits per heavy atom. The molecular formula is C15H13N3O2S. The average Bonchev–Trinajstić information content (AvgIpc) is 2.89. The number of fused-ring (bicyclic) bond motifs is 2. The number of aromatic amines is 1. The number of benzene rings is 1. The van der Waals surface area contributed by atoms with Crippen LogP contribution in [0.4, 0.5) is 5.82 Å². The molecule has 21 heavy (non-hydrogen) atoms. The molecule has 0 saturated heterocycles. The van der Waals surface area contributed by atoms with Crippen LogP contribution in [-0.2, 0) is 4.79 Å². The number of carbonyl (C=O) groups is 1. The van der Waals surface area contributed by atoms with E-state index in [1.54, 1.807) is 18.0 Å². The van der Waals surface area contributed by atoms with Gasteiger partial charge in [0.2, 0.25) is 5.91 Å². The van der Waals surface area contributed by atoms with E-state index in [-0.39, 0.29) is 11.2 Å². The summed E-state index contributed by atoms with van der Waals surface area (Å²) in [6.45, 7) is 0.535. The number of amides is 1. The highest BCUT2D eigenvalue weighted by molar-refractivity contribution is 8.00. The number of rotatable bonds is 1. The molecule has 0 fully saturated rings. The SMILES string of the molecule is O=C1CS[C@@H](C2=Cc3ccccc3OC2)c2cn[nH]c2N1. The predicted octanol–water partition coefficient (Wildman–Crippen LogP) is 2.61. The standard InChI is InChI=1S/C15H13N3O2S/c19-13-8-21-14(11-6-16-18-15(11)17-13)10-5-9-3-1-2-4-12(9)20-7-10/h1-6,14H,7-8H2,(H2,16,17,18,19)/t14-/m0/s1. The van der Waals surface area contributed by atoms with Gasteiger partial charge in [-0.05, 0) is 17.7 Å². The van der Waals surface area contributed by atoms with Crippen LogP contribution in [0.3, 0.4) is 0 Å². The van der Waals surface area contributed by atoms with Crippen molar-refractivity contribution in [2.75, 3.05) is 17.7 Å². The molecule has 3 heterocycles. The molecule has 2 aliphatic rings. The summed E-state index contributed by atoms with van der Waals surface area (Å²) in [5.74, 6) is 2.01. The first kappa shape index (κ1) is 12.5. The van der Waals surface area contributed by atoms with E-state index in [4.69, 9.17) is 4.74 Å². The zero-order valence-electron chi connectivity index (χ0n) is 11.1. The molecule has 1 amide bonds. The Hall–Kier alpha value is -2.21. The third-order valence-corrected chi connectivity index (χ3v) is 4.91. The summed E-state index contributed by atoms with van der Waals surface area (Å²) in [6, 6.07) is 7.97. The van der Waals surface area contributed by atoms with Gasteiger partial charge in [0.15, 0.2) is 0 Å². The lowest BCUT2D eigenvalue weighted by atomic mass is 10.0. The van der Waals surface area contributed by atoms with Crippen molar-refractivity contribution in [3.8, 4) is 5.75 Å². The number of anilines is 1. The number of nitrogens with zero attached hydrogens (tertiary/aromatic N) is 1. The maximum Gasteiger partial charge on any atom is 0.235 e. The van der Waals surface area contributed by atoms with E-state index in [9.17, 15) is 4.79 Å². The number of thioether (sulfide) groups is 1. The number of H-pyrrole nitrogens is 1. The van der Waals surface area contributed by atoms with Crippen LogP contribution >= 0.6 is 11.8 Å². The number of hydrogen-bond acceptors (Lipinski definition) is 4. The molecule has 2 aliphatic heterocycles. The molecule has 0 aliphatic carbocycles. The monoisotopic (exact) mass is 299 g/mol. The lowest BCUT2D eigenvalue weighted by Gasteiger charge is -2.23. The number of ether oxygens (including phenoxy) is 1. The molecule has 6 heteroatoms. The van der Waals surface area contributed by atoms with Crippen molar-refractivity contribution in [3.63, 3.8) is 0 Å². The van der Waals surface area contributed by atoms with Gasteiger partial charge in [-0.15, -0.1) is 11.8 Å². The van der Waals surface area contributed by atoms with Gasteiger partial charge >= 0.3 is 0 Å². The van der Waals surface area contributed by atoms with Crippen molar-refractivity contribution in [1.82, 2.24) is 10.2 Å². The fourth-order valence-corrected chi connectivity index (χ4v) is 3.71. The Bertz CT molecular complexity index is 738. The summed E-state index contributed by atoms with van der Waals surface area (Å²) >= 11 is 1.60. The van der Waals surface area contributed by atoms with Crippen molar-refractivity contribution < 1.29 is 9.53 Å². The maximum absolute atomic E-state index is 11.7. The van der Waals surface area contributed by atoms with Crippen molar-refractivity contribution in [2.45, 2.75) is 5.25 Å². The molecule has 0 spiro atoms. The number of hydrogen-bond donors (Lipinski definition) is 2. The average molecular weight is 299 g/mol. The molecule has 2 aromatic rings. The van der Waals surface area contributed by atoms with E-state index in [0.29, 0.717) is 18.2 Å². The fourth-order valence-electron chi connectivity index (χ4n) is 2.61. The first-order chi connectivity index (χ1) is 10.3.